The average Bonchev–Trinajstić information content (AvgIpc) is 2.65. The molecule has 0 fully saturated rings. The fraction of sp³-hybridized carbons (Fsp3) is 0.176. The molecule has 1 N–H and O–H groups in total. The number of nitrogens with one attached hydrogen (secondary N) is 1. The quantitative estimate of drug-likeness (QED) is 0.543. The number of benzene rings is 2. The van der Waals surface area contributed by atoms with E-state index in [0.29, 0.717) is 34.8 Å². The third kappa shape index (κ3) is 3.42. The van der Waals surface area contributed by atoms with Crippen molar-refractivity contribution in [1.82, 2.24) is 9.97 Å². The number of fused-ring (bicyclic) bond motifs is 1. The number of non-ortho nitro benzene ring substituents is 1. The van der Waals surface area contributed by atoms with Crippen LogP contribution in [0.3, 0.4) is 0 Å². The van der Waals surface area contributed by atoms with Gasteiger partial charge in [0.15, 0.2) is 0 Å². The van der Waals surface area contributed by atoms with Gasteiger partial charge in [0.25, 0.3) is 5.69 Å². The zero-order valence-corrected chi connectivity index (χ0v) is 13.7. The maximum Gasteiger partial charge on any atom is 0.271 e. The SMILES string of the molecule is COc1ccc(CNc2ncnc3cc([N+](=O)[O-])ccc23)c(OC)c1. The van der Waals surface area contributed by atoms with Crippen LogP contribution >= 0.6 is 0 Å². The zero-order chi connectivity index (χ0) is 17.8. The highest BCUT2D eigenvalue weighted by Gasteiger charge is 2.11. The zero-order valence-electron chi connectivity index (χ0n) is 13.7. The van der Waals surface area contributed by atoms with E-state index in [4.69, 9.17) is 9.47 Å². The number of hydrogen-bond acceptors (Lipinski definition) is 7. The summed E-state index contributed by atoms with van der Waals surface area (Å²) >= 11 is 0. The van der Waals surface area contributed by atoms with Gasteiger partial charge in [-0.05, 0) is 18.2 Å². The molecular formula is C17H16N4O4. The molecule has 2 aromatic carbocycles. The largest absolute Gasteiger partial charge is 0.497 e. The first kappa shape index (κ1) is 16.4. The number of ether oxygens (including phenoxy) is 2. The van der Waals surface area contributed by atoms with Crippen molar-refractivity contribution >= 4 is 22.4 Å². The second-order valence-corrected chi connectivity index (χ2v) is 5.21. The van der Waals surface area contributed by atoms with Crippen molar-refractivity contribution in [2.75, 3.05) is 19.5 Å². The molecule has 0 saturated heterocycles. The predicted octanol–water partition coefficient (Wildman–Crippen LogP) is 3.17. The molecule has 0 bridgehead atoms. The number of rotatable bonds is 6. The molecule has 8 nitrogen and oxygen atoms in total. The lowest BCUT2D eigenvalue weighted by Gasteiger charge is -2.12. The van der Waals surface area contributed by atoms with E-state index >= 15 is 0 Å². The Bertz CT molecular complexity index is 930. The van der Waals surface area contributed by atoms with E-state index in [0.717, 1.165) is 5.56 Å². The summed E-state index contributed by atoms with van der Waals surface area (Å²) in [5.74, 6) is 2.00. The van der Waals surface area contributed by atoms with Crippen LogP contribution in [0.25, 0.3) is 10.9 Å². The molecule has 0 radical (unpaired) electrons. The highest BCUT2D eigenvalue weighted by Crippen LogP contribution is 2.27. The third-order valence-corrected chi connectivity index (χ3v) is 3.77. The van der Waals surface area contributed by atoms with Crippen LogP contribution < -0.4 is 14.8 Å². The van der Waals surface area contributed by atoms with Crippen LogP contribution in [0, 0.1) is 10.1 Å². The first-order chi connectivity index (χ1) is 12.1. The Balaban J connectivity index is 1.87. The number of nitrogens with zero attached hydrogens (tertiary/aromatic N) is 3. The lowest BCUT2D eigenvalue weighted by molar-refractivity contribution is -0.384. The molecule has 8 heteroatoms. The Hall–Kier alpha value is -3.42. The first-order valence-electron chi connectivity index (χ1n) is 7.46. The summed E-state index contributed by atoms with van der Waals surface area (Å²) in [6.45, 7) is 0.469. The minimum Gasteiger partial charge on any atom is -0.497 e. The maximum atomic E-state index is 10.9. The molecule has 0 unspecified atom stereocenters. The molecule has 3 rings (SSSR count). The van der Waals surface area contributed by atoms with E-state index in [2.05, 4.69) is 15.3 Å². The van der Waals surface area contributed by atoms with Crippen LogP contribution in [-0.4, -0.2) is 29.1 Å². The van der Waals surface area contributed by atoms with Crippen molar-refractivity contribution in [2.24, 2.45) is 0 Å². The van der Waals surface area contributed by atoms with Crippen molar-refractivity contribution < 1.29 is 14.4 Å². The summed E-state index contributed by atoms with van der Waals surface area (Å²) in [7, 11) is 3.19. The summed E-state index contributed by atoms with van der Waals surface area (Å²) < 4.78 is 10.6. The lowest BCUT2D eigenvalue weighted by Crippen LogP contribution is -2.04. The predicted molar refractivity (Wildman–Crippen MR) is 93.1 cm³/mol. The summed E-state index contributed by atoms with van der Waals surface area (Å²) in [5, 5.41) is 14.8. The number of methoxy groups -OCH3 is 2. The van der Waals surface area contributed by atoms with Crippen molar-refractivity contribution in [1.29, 1.82) is 0 Å². The fourth-order valence-corrected chi connectivity index (χ4v) is 2.48. The number of anilines is 1. The Kier molecular flexibility index (Phi) is 4.60. The molecule has 1 aromatic heterocycles. The van der Waals surface area contributed by atoms with E-state index in [-0.39, 0.29) is 5.69 Å². The topological polar surface area (TPSA) is 99.4 Å². The Morgan fingerprint density at radius 1 is 1.12 bits per heavy atom. The second-order valence-electron chi connectivity index (χ2n) is 5.21. The smallest absolute Gasteiger partial charge is 0.271 e. The van der Waals surface area contributed by atoms with E-state index in [1.165, 1.54) is 18.5 Å². The van der Waals surface area contributed by atoms with E-state index in [1.807, 2.05) is 12.1 Å². The molecular weight excluding hydrogens is 324 g/mol. The van der Waals surface area contributed by atoms with Gasteiger partial charge in [0.1, 0.15) is 23.6 Å². The normalized spacial score (nSPS) is 10.5. The molecule has 128 valence electrons. The molecule has 0 spiro atoms. The highest BCUT2D eigenvalue weighted by atomic mass is 16.6. The lowest BCUT2D eigenvalue weighted by atomic mass is 10.1. The Morgan fingerprint density at radius 3 is 2.68 bits per heavy atom. The molecule has 0 amide bonds. The molecule has 0 atom stereocenters. The van der Waals surface area contributed by atoms with Gasteiger partial charge in [-0.1, -0.05) is 0 Å². The average molecular weight is 340 g/mol. The van der Waals surface area contributed by atoms with E-state index < -0.39 is 4.92 Å². The number of nitro groups is 1. The van der Waals surface area contributed by atoms with Gasteiger partial charge in [0.2, 0.25) is 0 Å². The summed E-state index contributed by atoms with van der Waals surface area (Å²) in [6, 6.07) is 10.1. The fourth-order valence-electron chi connectivity index (χ4n) is 2.48. The monoisotopic (exact) mass is 340 g/mol. The molecule has 3 aromatic rings. The van der Waals surface area contributed by atoms with Crippen LogP contribution in [0.2, 0.25) is 0 Å². The Morgan fingerprint density at radius 2 is 1.96 bits per heavy atom. The molecule has 1 heterocycles. The summed E-state index contributed by atoms with van der Waals surface area (Å²) in [4.78, 5) is 18.8. The number of hydrogen-bond donors (Lipinski definition) is 1. The summed E-state index contributed by atoms with van der Waals surface area (Å²) in [5.41, 5.74) is 1.43. The summed E-state index contributed by atoms with van der Waals surface area (Å²) in [6.07, 6.45) is 1.37. The number of nitro benzene ring substituents is 1. The number of aromatic nitrogens is 2. The van der Waals surface area contributed by atoms with Crippen molar-refractivity contribution in [3.05, 3.63) is 58.4 Å². The minimum atomic E-state index is -0.448. The van der Waals surface area contributed by atoms with Crippen molar-refractivity contribution in [3.8, 4) is 11.5 Å². The Labute approximate surface area is 143 Å². The van der Waals surface area contributed by atoms with E-state index in [9.17, 15) is 10.1 Å². The van der Waals surface area contributed by atoms with Gasteiger partial charge in [0, 0.05) is 35.7 Å². The van der Waals surface area contributed by atoms with Crippen LogP contribution in [0.15, 0.2) is 42.7 Å². The van der Waals surface area contributed by atoms with Crippen LogP contribution in [0.4, 0.5) is 11.5 Å². The minimum absolute atomic E-state index is 0.00558. The van der Waals surface area contributed by atoms with Gasteiger partial charge in [0.05, 0.1) is 24.7 Å². The van der Waals surface area contributed by atoms with Gasteiger partial charge >= 0.3 is 0 Å². The first-order valence-corrected chi connectivity index (χ1v) is 7.46. The van der Waals surface area contributed by atoms with Gasteiger partial charge in [-0.25, -0.2) is 9.97 Å². The van der Waals surface area contributed by atoms with Gasteiger partial charge in [-0.15, -0.1) is 0 Å². The van der Waals surface area contributed by atoms with Gasteiger partial charge in [-0.2, -0.15) is 0 Å². The molecule has 0 saturated carbocycles. The molecule has 0 aliphatic rings. The molecule has 0 aliphatic carbocycles. The molecule has 25 heavy (non-hydrogen) atoms. The molecule has 0 aliphatic heterocycles. The standard InChI is InChI=1S/C17H16N4O4/c1-24-13-5-3-11(16(8-13)25-2)9-18-17-14-6-4-12(21(22)23)7-15(14)19-10-20-17/h3-8,10H,9H2,1-2H3,(H,18,19,20). The second kappa shape index (κ2) is 7.00. The van der Waals surface area contributed by atoms with Crippen LogP contribution in [0.1, 0.15) is 5.56 Å². The van der Waals surface area contributed by atoms with Crippen LogP contribution in [0.5, 0.6) is 11.5 Å². The van der Waals surface area contributed by atoms with Gasteiger partial charge < -0.3 is 14.8 Å². The van der Waals surface area contributed by atoms with Crippen molar-refractivity contribution in [2.45, 2.75) is 6.54 Å². The highest BCUT2D eigenvalue weighted by molar-refractivity contribution is 5.90. The third-order valence-electron chi connectivity index (χ3n) is 3.77. The van der Waals surface area contributed by atoms with Crippen molar-refractivity contribution in [3.63, 3.8) is 0 Å². The van der Waals surface area contributed by atoms with E-state index in [1.54, 1.807) is 26.4 Å². The van der Waals surface area contributed by atoms with Crippen LogP contribution in [-0.2, 0) is 6.54 Å². The van der Waals surface area contributed by atoms with Gasteiger partial charge in [-0.3, -0.25) is 10.1 Å². The maximum absolute atomic E-state index is 10.9.